The van der Waals surface area contributed by atoms with E-state index in [1.807, 2.05) is 12.1 Å². The smallest absolute Gasteiger partial charge is 0.280 e. The van der Waals surface area contributed by atoms with E-state index in [1.54, 1.807) is 6.07 Å². The maximum atomic E-state index is 12.9. The Morgan fingerprint density at radius 3 is 2.46 bits per heavy atom. The minimum Gasteiger partial charge on any atom is -0.493 e. The lowest BCUT2D eigenvalue weighted by molar-refractivity contribution is 0.146. The first-order chi connectivity index (χ1) is 12.4. The summed E-state index contributed by atoms with van der Waals surface area (Å²) in [4.78, 5) is 3.75. The Bertz CT molecular complexity index is 741. The average molecular weight is 359 g/mol. The fourth-order valence-electron chi connectivity index (χ4n) is 3.42. The predicted octanol–water partition coefficient (Wildman–Crippen LogP) is 6.62. The normalized spacial score (nSPS) is 15.5. The van der Waals surface area contributed by atoms with Gasteiger partial charge in [-0.3, -0.25) is 4.98 Å². The van der Waals surface area contributed by atoms with Crippen molar-refractivity contribution in [3.63, 3.8) is 0 Å². The van der Waals surface area contributed by atoms with Crippen LogP contribution < -0.4 is 4.74 Å². The topological polar surface area (TPSA) is 22.1 Å². The number of ether oxygens (including phenoxy) is 1. The lowest BCUT2D eigenvalue weighted by atomic mass is 9.99. The first-order valence-electron chi connectivity index (χ1n) is 9.45. The molecule has 1 saturated carbocycles. The predicted molar refractivity (Wildman–Crippen MR) is 101 cm³/mol. The van der Waals surface area contributed by atoms with Crippen molar-refractivity contribution in [1.29, 1.82) is 0 Å². The summed E-state index contributed by atoms with van der Waals surface area (Å²) in [6, 6.07) is 9.31. The van der Waals surface area contributed by atoms with E-state index in [2.05, 4.69) is 31.8 Å². The number of rotatable bonds is 8. The van der Waals surface area contributed by atoms with E-state index in [0.29, 0.717) is 24.4 Å². The second-order valence-corrected chi connectivity index (χ2v) is 7.84. The molecule has 3 rings (SSSR count). The Hall–Kier alpha value is -1.97. The minimum absolute atomic E-state index is 0.182. The molecule has 140 valence electrons. The zero-order valence-corrected chi connectivity index (χ0v) is 15.7. The molecule has 0 unspecified atom stereocenters. The number of pyridine rings is 1. The monoisotopic (exact) mass is 359 g/mol. The van der Waals surface area contributed by atoms with Gasteiger partial charge in [0.25, 0.3) is 6.43 Å². The van der Waals surface area contributed by atoms with Crippen molar-refractivity contribution < 1.29 is 13.5 Å². The third-order valence-corrected chi connectivity index (χ3v) is 4.76. The van der Waals surface area contributed by atoms with Gasteiger partial charge in [0, 0.05) is 6.20 Å². The molecule has 2 nitrogen and oxygen atoms in total. The molecule has 1 atom stereocenters. The van der Waals surface area contributed by atoms with Crippen molar-refractivity contribution in [3.8, 4) is 16.9 Å². The molecule has 2 aromatic rings. The third-order valence-electron chi connectivity index (χ3n) is 4.76. The van der Waals surface area contributed by atoms with Crippen LogP contribution in [0.1, 0.15) is 63.6 Å². The van der Waals surface area contributed by atoms with Crippen LogP contribution in [0.4, 0.5) is 8.78 Å². The molecule has 1 aliphatic carbocycles. The van der Waals surface area contributed by atoms with Gasteiger partial charge in [-0.1, -0.05) is 26.8 Å². The molecular weight excluding hydrogens is 332 g/mol. The van der Waals surface area contributed by atoms with Crippen LogP contribution in [0.5, 0.6) is 5.75 Å². The van der Waals surface area contributed by atoms with E-state index >= 15 is 0 Å². The van der Waals surface area contributed by atoms with E-state index in [4.69, 9.17) is 4.74 Å². The molecule has 1 aliphatic rings. The van der Waals surface area contributed by atoms with Crippen LogP contribution in [-0.4, -0.2) is 11.6 Å². The number of hydrogen-bond donors (Lipinski definition) is 0. The highest BCUT2D eigenvalue weighted by Crippen LogP contribution is 2.45. The second-order valence-electron chi connectivity index (χ2n) is 7.84. The van der Waals surface area contributed by atoms with Gasteiger partial charge in [0.15, 0.2) is 0 Å². The maximum Gasteiger partial charge on any atom is 0.280 e. The van der Waals surface area contributed by atoms with Gasteiger partial charge in [0.1, 0.15) is 11.4 Å². The molecule has 26 heavy (non-hydrogen) atoms. The van der Waals surface area contributed by atoms with E-state index < -0.39 is 6.43 Å². The van der Waals surface area contributed by atoms with Gasteiger partial charge in [-0.05, 0) is 78.0 Å². The molecule has 1 aromatic heterocycles. The van der Waals surface area contributed by atoms with Crippen molar-refractivity contribution in [2.75, 3.05) is 6.61 Å². The molecule has 4 heteroatoms. The Balaban J connectivity index is 1.80. The quantitative estimate of drug-likeness (QED) is 0.528. The van der Waals surface area contributed by atoms with Crippen LogP contribution in [0.15, 0.2) is 36.5 Å². The van der Waals surface area contributed by atoms with Crippen LogP contribution >= 0.6 is 0 Å². The first kappa shape index (κ1) is 18.8. The SMILES string of the molecule is CC(C)C[C@@H](C)COc1ccc(-c2ccnc(C(F)F)c2)cc1C1CC1. The molecule has 0 radical (unpaired) electrons. The Kier molecular flexibility index (Phi) is 5.90. The van der Waals surface area contributed by atoms with Crippen LogP contribution in [0.2, 0.25) is 0 Å². The molecule has 0 amide bonds. The minimum atomic E-state index is -2.55. The number of aromatic nitrogens is 1. The lowest BCUT2D eigenvalue weighted by Crippen LogP contribution is -2.11. The molecule has 1 aromatic carbocycles. The van der Waals surface area contributed by atoms with Crippen molar-refractivity contribution in [2.45, 2.75) is 52.4 Å². The van der Waals surface area contributed by atoms with Gasteiger partial charge >= 0.3 is 0 Å². The van der Waals surface area contributed by atoms with Crippen molar-refractivity contribution in [2.24, 2.45) is 11.8 Å². The molecule has 1 heterocycles. The largest absolute Gasteiger partial charge is 0.493 e. The summed E-state index contributed by atoms with van der Waals surface area (Å²) in [5, 5.41) is 0. The maximum absolute atomic E-state index is 12.9. The number of alkyl halides is 2. The number of hydrogen-bond acceptors (Lipinski definition) is 2. The fourth-order valence-corrected chi connectivity index (χ4v) is 3.42. The van der Waals surface area contributed by atoms with Crippen LogP contribution in [0.25, 0.3) is 11.1 Å². The lowest BCUT2D eigenvalue weighted by Gasteiger charge is -2.18. The van der Waals surface area contributed by atoms with E-state index in [1.165, 1.54) is 30.7 Å². The average Bonchev–Trinajstić information content (AvgIpc) is 3.44. The summed E-state index contributed by atoms with van der Waals surface area (Å²) < 4.78 is 32.0. The Labute approximate surface area is 154 Å². The molecule has 0 spiro atoms. The number of nitrogens with zero attached hydrogens (tertiary/aromatic N) is 1. The van der Waals surface area contributed by atoms with Crippen LogP contribution in [0.3, 0.4) is 0 Å². The Morgan fingerprint density at radius 2 is 1.81 bits per heavy atom. The van der Waals surface area contributed by atoms with Crippen molar-refractivity contribution in [1.82, 2.24) is 4.98 Å². The molecule has 1 fully saturated rings. The number of halogens is 2. The molecule has 0 N–H and O–H groups in total. The van der Waals surface area contributed by atoms with Gasteiger partial charge in [-0.25, -0.2) is 8.78 Å². The third kappa shape index (κ3) is 4.80. The summed E-state index contributed by atoms with van der Waals surface area (Å²) in [5.74, 6) is 2.64. The zero-order valence-electron chi connectivity index (χ0n) is 15.7. The van der Waals surface area contributed by atoms with Gasteiger partial charge in [0.05, 0.1) is 6.61 Å². The standard InChI is InChI=1S/C22H27F2NO/c1-14(2)10-15(3)13-26-21-7-6-17(11-19(21)16-4-5-16)18-8-9-25-20(12-18)22(23)24/h6-9,11-12,14-16,22H,4-5,10,13H2,1-3H3/t15-/m1/s1. The Morgan fingerprint density at radius 1 is 1.08 bits per heavy atom. The first-order valence-corrected chi connectivity index (χ1v) is 9.45. The van der Waals surface area contributed by atoms with E-state index in [0.717, 1.165) is 23.3 Å². The van der Waals surface area contributed by atoms with Crippen molar-refractivity contribution in [3.05, 3.63) is 47.8 Å². The molecule has 0 bridgehead atoms. The van der Waals surface area contributed by atoms with Gasteiger partial charge in [-0.15, -0.1) is 0 Å². The van der Waals surface area contributed by atoms with E-state index in [9.17, 15) is 8.78 Å². The summed E-state index contributed by atoms with van der Waals surface area (Å²) >= 11 is 0. The van der Waals surface area contributed by atoms with Crippen LogP contribution in [-0.2, 0) is 0 Å². The molecular formula is C22H27F2NO. The fraction of sp³-hybridized carbons (Fsp3) is 0.500. The highest BCUT2D eigenvalue weighted by atomic mass is 19.3. The highest BCUT2D eigenvalue weighted by Gasteiger charge is 2.27. The van der Waals surface area contributed by atoms with Gasteiger partial charge in [0.2, 0.25) is 0 Å². The zero-order chi connectivity index (χ0) is 18.7. The summed E-state index contributed by atoms with van der Waals surface area (Å²) in [6.07, 6.45) is 2.37. The summed E-state index contributed by atoms with van der Waals surface area (Å²) in [6.45, 7) is 7.38. The number of benzene rings is 1. The molecule has 0 saturated heterocycles. The van der Waals surface area contributed by atoms with Gasteiger partial charge < -0.3 is 4.74 Å². The van der Waals surface area contributed by atoms with Gasteiger partial charge in [-0.2, -0.15) is 0 Å². The van der Waals surface area contributed by atoms with Crippen molar-refractivity contribution >= 4 is 0 Å². The van der Waals surface area contributed by atoms with Crippen LogP contribution in [0, 0.1) is 11.8 Å². The molecule has 0 aliphatic heterocycles. The summed E-state index contributed by atoms with van der Waals surface area (Å²) in [5.41, 5.74) is 2.74. The van der Waals surface area contributed by atoms with E-state index in [-0.39, 0.29) is 5.69 Å². The summed E-state index contributed by atoms with van der Waals surface area (Å²) in [7, 11) is 0. The highest BCUT2D eigenvalue weighted by molar-refractivity contribution is 5.66. The second kappa shape index (κ2) is 8.15.